The Morgan fingerprint density at radius 3 is 2.04 bits per heavy atom. The zero-order chi connectivity index (χ0) is 17.5. The smallest absolute Gasteiger partial charge is 0.418 e. The Morgan fingerprint density at radius 2 is 1.61 bits per heavy atom. The van der Waals surface area contributed by atoms with Gasteiger partial charge in [-0.05, 0) is 5.56 Å². The van der Waals surface area contributed by atoms with Gasteiger partial charge in [-0.25, -0.2) is 4.58 Å². The zero-order valence-electron chi connectivity index (χ0n) is 13.7. The lowest BCUT2D eigenvalue weighted by Crippen LogP contribution is -2.25. The van der Waals surface area contributed by atoms with Gasteiger partial charge in [-0.2, -0.15) is 0 Å². The minimum Gasteiger partial charge on any atom is -0.418 e. The largest absolute Gasteiger partial charge is 0.673 e. The molecule has 1 aliphatic rings. The molecule has 1 aromatic carbocycles. The molecule has 1 fully saturated rings. The lowest BCUT2D eigenvalue weighted by Gasteiger charge is -2.20. The maximum atomic E-state index is 9.75. The van der Waals surface area contributed by atoms with Crippen molar-refractivity contribution in [3.63, 3.8) is 0 Å². The summed E-state index contributed by atoms with van der Waals surface area (Å²) in [6.07, 6.45) is 4.78. The van der Waals surface area contributed by atoms with Crippen molar-refractivity contribution < 1.29 is 21.8 Å². The summed E-state index contributed by atoms with van der Waals surface area (Å²) >= 11 is 0. The summed E-state index contributed by atoms with van der Waals surface area (Å²) in [5.74, 6) is 0.954. The van der Waals surface area contributed by atoms with Crippen LogP contribution in [0.4, 0.5) is 17.3 Å². The molecule has 1 aliphatic heterocycles. The van der Waals surface area contributed by atoms with Crippen molar-refractivity contribution in [2.45, 2.75) is 32.6 Å². The first kappa shape index (κ1) is 19.5. The number of benzene rings is 1. The third-order valence-corrected chi connectivity index (χ3v) is 4.24. The molecule has 0 aliphatic carbocycles. The summed E-state index contributed by atoms with van der Waals surface area (Å²) < 4.78 is 41.5. The van der Waals surface area contributed by atoms with Crippen LogP contribution in [0.3, 0.4) is 0 Å². The average molecular weight is 329 g/mol. The summed E-state index contributed by atoms with van der Waals surface area (Å²) in [4.78, 5) is 0. The SMILES string of the molecule is C=C[C@H](c1ccccc1)[C@@H](C)C(C)=[N+]1CCCC1.F[B-](F)(F)F. The molecule has 1 nitrogen and oxygen atoms in total. The molecule has 0 bridgehead atoms. The van der Waals surface area contributed by atoms with Gasteiger partial charge >= 0.3 is 7.25 Å². The minimum atomic E-state index is -6.00. The Kier molecular flexibility index (Phi) is 7.53. The van der Waals surface area contributed by atoms with E-state index in [-0.39, 0.29) is 0 Å². The molecule has 6 heteroatoms. The van der Waals surface area contributed by atoms with Gasteiger partial charge in [-0.3, -0.25) is 0 Å². The monoisotopic (exact) mass is 329 g/mol. The fourth-order valence-electron chi connectivity index (χ4n) is 2.92. The van der Waals surface area contributed by atoms with Gasteiger partial charge in [-0.15, -0.1) is 6.58 Å². The van der Waals surface area contributed by atoms with Crippen LogP contribution in [0.1, 0.15) is 38.2 Å². The first-order valence-corrected chi connectivity index (χ1v) is 7.87. The van der Waals surface area contributed by atoms with Gasteiger partial charge in [0, 0.05) is 31.6 Å². The van der Waals surface area contributed by atoms with Crippen molar-refractivity contribution in [2.75, 3.05) is 13.1 Å². The fourth-order valence-corrected chi connectivity index (χ4v) is 2.92. The van der Waals surface area contributed by atoms with Crippen LogP contribution in [0.25, 0.3) is 0 Å². The molecular formula is C17H24BF4N. The Hall–Kier alpha value is -1.59. The van der Waals surface area contributed by atoms with Crippen LogP contribution in [-0.2, 0) is 0 Å². The molecule has 0 amide bonds. The zero-order valence-corrected chi connectivity index (χ0v) is 13.7. The molecule has 0 saturated carbocycles. The quantitative estimate of drug-likeness (QED) is 0.311. The number of nitrogens with zero attached hydrogens (tertiary/aromatic N) is 1. The van der Waals surface area contributed by atoms with Crippen molar-refractivity contribution in [1.82, 2.24) is 0 Å². The molecule has 128 valence electrons. The summed E-state index contributed by atoms with van der Waals surface area (Å²) in [5.41, 5.74) is 2.89. The molecule has 0 spiro atoms. The molecule has 1 heterocycles. The van der Waals surface area contributed by atoms with Gasteiger partial charge in [0.05, 0.1) is 0 Å². The van der Waals surface area contributed by atoms with Crippen LogP contribution >= 0.6 is 0 Å². The Balaban J connectivity index is 0.000000463. The summed E-state index contributed by atoms with van der Waals surface area (Å²) in [6, 6.07) is 10.7. The molecule has 2 rings (SSSR count). The van der Waals surface area contributed by atoms with E-state index in [1.165, 1.54) is 37.2 Å². The Bertz CT molecular complexity index is 511. The number of allylic oxidation sites excluding steroid dienone is 1. The summed E-state index contributed by atoms with van der Waals surface area (Å²) in [5, 5.41) is 0. The molecule has 0 N–H and O–H groups in total. The highest BCUT2D eigenvalue weighted by Gasteiger charge is 2.26. The second-order valence-electron chi connectivity index (χ2n) is 5.79. The lowest BCUT2D eigenvalue weighted by molar-refractivity contribution is -0.509. The number of halogens is 4. The van der Waals surface area contributed by atoms with Gasteiger partial charge in [0.25, 0.3) is 0 Å². The van der Waals surface area contributed by atoms with E-state index < -0.39 is 7.25 Å². The maximum absolute atomic E-state index is 9.75. The average Bonchev–Trinajstić information content (AvgIpc) is 3.00. The van der Waals surface area contributed by atoms with Crippen molar-refractivity contribution in [3.8, 4) is 0 Å². The van der Waals surface area contributed by atoms with Gasteiger partial charge < -0.3 is 17.3 Å². The molecule has 0 unspecified atom stereocenters. The standard InChI is InChI=1S/C17H24N.BF4/c1-4-17(16-10-6-5-7-11-16)14(2)15(3)18-12-8-9-13-18;2-1(3,4)5/h4-7,10-11,14,17H,1,8-9,12-13H2,2-3H3;/q+1;-1/t14-,17-;/m0./s1. The first-order valence-electron chi connectivity index (χ1n) is 7.87. The molecule has 1 aromatic rings. The van der Waals surface area contributed by atoms with E-state index in [9.17, 15) is 17.3 Å². The van der Waals surface area contributed by atoms with E-state index in [1.807, 2.05) is 0 Å². The maximum Gasteiger partial charge on any atom is 0.673 e. The van der Waals surface area contributed by atoms with Crippen LogP contribution in [0.15, 0.2) is 43.0 Å². The molecule has 2 atom stereocenters. The third kappa shape index (κ3) is 7.01. The van der Waals surface area contributed by atoms with Gasteiger partial charge in [0.1, 0.15) is 13.1 Å². The van der Waals surface area contributed by atoms with E-state index in [0.717, 1.165) is 0 Å². The van der Waals surface area contributed by atoms with Crippen LogP contribution in [0.2, 0.25) is 0 Å². The fraction of sp³-hybridized carbons (Fsp3) is 0.471. The molecule has 23 heavy (non-hydrogen) atoms. The normalized spacial score (nSPS) is 17.0. The number of hydrogen-bond donors (Lipinski definition) is 0. The van der Waals surface area contributed by atoms with Crippen LogP contribution in [0, 0.1) is 5.92 Å². The first-order chi connectivity index (χ1) is 10.7. The molecule has 0 aromatic heterocycles. The van der Waals surface area contributed by atoms with E-state index in [4.69, 9.17) is 0 Å². The van der Waals surface area contributed by atoms with E-state index in [0.29, 0.717) is 11.8 Å². The molecule has 0 radical (unpaired) electrons. The van der Waals surface area contributed by atoms with Gasteiger partial charge in [-0.1, -0.05) is 43.3 Å². The lowest BCUT2D eigenvalue weighted by atomic mass is 9.84. The number of rotatable bonds is 4. The van der Waals surface area contributed by atoms with E-state index in [2.05, 4.69) is 61.4 Å². The highest BCUT2D eigenvalue weighted by molar-refractivity contribution is 6.50. The van der Waals surface area contributed by atoms with Crippen LogP contribution in [0.5, 0.6) is 0 Å². The molecule has 1 saturated heterocycles. The highest BCUT2D eigenvalue weighted by atomic mass is 19.5. The second-order valence-corrected chi connectivity index (χ2v) is 5.79. The van der Waals surface area contributed by atoms with Crippen molar-refractivity contribution in [1.29, 1.82) is 0 Å². The third-order valence-electron chi connectivity index (χ3n) is 4.24. The Morgan fingerprint density at radius 1 is 1.13 bits per heavy atom. The van der Waals surface area contributed by atoms with E-state index in [1.54, 1.807) is 0 Å². The highest BCUT2D eigenvalue weighted by Crippen LogP contribution is 2.27. The Labute approximate surface area is 135 Å². The second kappa shape index (κ2) is 8.89. The van der Waals surface area contributed by atoms with Crippen LogP contribution in [-0.4, -0.2) is 30.6 Å². The van der Waals surface area contributed by atoms with Gasteiger partial charge in [0.2, 0.25) is 0 Å². The van der Waals surface area contributed by atoms with Crippen molar-refractivity contribution >= 4 is 13.0 Å². The predicted molar refractivity (Wildman–Crippen MR) is 88.6 cm³/mol. The topological polar surface area (TPSA) is 3.01 Å². The van der Waals surface area contributed by atoms with Crippen molar-refractivity contribution in [2.24, 2.45) is 5.92 Å². The van der Waals surface area contributed by atoms with Crippen LogP contribution < -0.4 is 0 Å². The summed E-state index contributed by atoms with van der Waals surface area (Å²) in [6.45, 7) is 11.1. The predicted octanol–water partition coefficient (Wildman–Crippen LogP) is 5.16. The molecular weight excluding hydrogens is 305 g/mol. The number of hydrogen-bond acceptors (Lipinski definition) is 0. The van der Waals surface area contributed by atoms with Crippen molar-refractivity contribution in [3.05, 3.63) is 48.6 Å². The summed E-state index contributed by atoms with van der Waals surface area (Å²) in [7, 11) is -6.00. The minimum absolute atomic E-state index is 0.423. The van der Waals surface area contributed by atoms with E-state index >= 15 is 0 Å². The van der Waals surface area contributed by atoms with Gasteiger partial charge in [0.15, 0.2) is 5.71 Å².